The van der Waals surface area contributed by atoms with E-state index in [0.717, 1.165) is 39.4 Å². The number of morpholine rings is 1. The molecule has 0 bridgehead atoms. The highest BCUT2D eigenvalue weighted by Crippen LogP contribution is 1.98. The van der Waals surface area contributed by atoms with Gasteiger partial charge >= 0.3 is 0 Å². The first-order valence-corrected chi connectivity index (χ1v) is 5.41. The second kappa shape index (κ2) is 6.35. The van der Waals surface area contributed by atoms with E-state index < -0.39 is 0 Å². The maximum Gasteiger partial charge on any atom is 0.107 e. The van der Waals surface area contributed by atoms with Crippen molar-refractivity contribution in [3.05, 3.63) is 0 Å². The van der Waals surface area contributed by atoms with Gasteiger partial charge in [0.2, 0.25) is 0 Å². The molecule has 1 aliphatic heterocycles. The van der Waals surface area contributed by atoms with Crippen LogP contribution in [0.2, 0.25) is 0 Å². The highest BCUT2D eigenvalue weighted by atomic mass is 16.5. The predicted octanol–water partition coefficient (Wildman–Crippen LogP) is -0.117. The van der Waals surface area contributed by atoms with Crippen LogP contribution in [-0.2, 0) is 4.74 Å². The van der Waals surface area contributed by atoms with Gasteiger partial charge in [-0.1, -0.05) is 13.8 Å². The average molecular weight is 202 g/mol. The number of nitrogens with one attached hydrogen (secondary N) is 1. The quantitative estimate of drug-likeness (QED) is 0.610. The summed E-state index contributed by atoms with van der Waals surface area (Å²) in [4.78, 5) is 2.35. The zero-order chi connectivity index (χ0) is 10.4. The molecule has 1 fully saturated rings. The Morgan fingerprint density at radius 3 is 2.57 bits per heavy atom. The van der Waals surface area contributed by atoms with Gasteiger partial charge in [0, 0.05) is 26.2 Å². The molecular weight excluding hydrogens is 180 g/mol. The van der Waals surface area contributed by atoms with E-state index in [9.17, 15) is 5.11 Å². The lowest BCUT2D eigenvalue weighted by Gasteiger charge is -2.27. The summed E-state index contributed by atoms with van der Waals surface area (Å²) in [5.41, 5.74) is 0. The van der Waals surface area contributed by atoms with Crippen molar-refractivity contribution in [2.75, 3.05) is 39.4 Å². The van der Waals surface area contributed by atoms with Crippen LogP contribution in [0.5, 0.6) is 0 Å². The molecule has 0 aliphatic carbocycles. The number of aliphatic hydroxyl groups excluding tert-OH is 1. The molecule has 1 atom stereocenters. The minimum absolute atomic E-state index is 0.277. The molecule has 1 saturated heterocycles. The lowest BCUT2D eigenvalue weighted by atomic mass is 10.2. The van der Waals surface area contributed by atoms with E-state index in [0.29, 0.717) is 0 Å². The van der Waals surface area contributed by atoms with Crippen LogP contribution in [0.15, 0.2) is 0 Å². The topological polar surface area (TPSA) is 44.7 Å². The molecule has 0 aromatic carbocycles. The molecule has 1 heterocycles. The summed E-state index contributed by atoms with van der Waals surface area (Å²) in [5, 5.41) is 12.6. The number of ether oxygens (including phenoxy) is 1. The molecule has 2 N–H and O–H groups in total. The lowest BCUT2D eigenvalue weighted by molar-refractivity contribution is 0.0332. The third-order valence-corrected chi connectivity index (χ3v) is 2.52. The van der Waals surface area contributed by atoms with E-state index in [1.807, 2.05) is 13.8 Å². The molecule has 84 valence electrons. The molecule has 14 heavy (non-hydrogen) atoms. The van der Waals surface area contributed by atoms with Gasteiger partial charge in [0.05, 0.1) is 13.2 Å². The van der Waals surface area contributed by atoms with Crippen LogP contribution in [-0.4, -0.2) is 55.6 Å². The molecule has 1 aliphatic rings. The molecule has 4 nitrogen and oxygen atoms in total. The van der Waals surface area contributed by atoms with Crippen molar-refractivity contribution in [2.24, 2.45) is 5.92 Å². The molecule has 0 saturated carbocycles. The Morgan fingerprint density at radius 2 is 2.00 bits per heavy atom. The minimum atomic E-state index is -0.379. The van der Waals surface area contributed by atoms with Crippen molar-refractivity contribution in [1.82, 2.24) is 10.2 Å². The van der Waals surface area contributed by atoms with Crippen LogP contribution in [0.1, 0.15) is 13.8 Å². The van der Waals surface area contributed by atoms with Crippen molar-refractivity contribution < 1.29 is 9.84 Å². The molecule has 4 heteroatoms. The summed E-state index contributed by atoms with van der Waals surface area (Å²) in [6.45, 7) is 9.56. The van der Waals surface area contributed by atoms with Crippen LogP contribution >= 0.6 is 0 Å². The second-order valence-corrected chi connectivity index (χ2v) is 4.10. The van der Waals surface area contributed by atoms with Crippen molar-refractivity contribution in [1.29, 1.82) is 0 Å². The van der Waals surface area contributed by atoms with Crippen LogP contribution in [0.3, 0.4) is 0 Å². The first kappa shape index (κ1) is 11.9. The van der Waals surface area contributed by atoms with Gasteiger partial charge in [-0.2, -0.15) is 0 Å². The zero-order valence-electron chi connectivity index (χ0n) is 9.20. The standard InChI is InChI=1S/C10H22N2O2/c1-9(2)10(13)11-3-4-12-5-7-14-8-6-12/h9-11,13H,3-8H2,1-2H3. The fraction of sp³-hybridized carbons (Fsp3) is 1.00. The number of rotatable bonds is 5. The lowest BCUT2D eigenvalue weighted by Crippen LogP contribution is -2.43. The Bertz CT molecular complexity index is 147. The Balaban J connectivity index is 2.02. The Kier molecular flexibility index (Phi) is 5.40. The number of hydrogen-bond acceptors (Lipinski definition) is 4. The maximum atomic E-state index is 9.50. The van der Waals surface area contributed by atoms with E-state index >= 15 is 0 Å². The van der Waals surface area contributed by atoms with Crippen molar-refractivity contribution in [3.8, 4) is 0 Å². The van der Waals surface area contributed by atoms with Crippen LogP contribution in [0.4, 0.5) is 0 Å². The van der Waals surface area contributed by atoms with Crippen molar-refractivity contribution >= 4 is 0 Å². The van der Waals surface area contributed by atoms with Gasteiger partial charge in [-0.3, -0.25) is 10.2 Å². The molecular formula is C10H22N2O2. The monoisotopic (exact) mass is 202 g/mol. The highest BCUT2D eigenvalue weighted by Gasteiger charge is 2.11. The van der Waals surface area contributed by atoms with Crippen LogP contribution in [0.25, 0.3) is 0 Å². The van der Waals surface area contributed by atoms with E-state index in [-0.39, 0.29) is 12.1 Å². The van der Waals surface area contributed by atoms with Gasteiger partial charge in [-0.05, 0) is 5.92 Å². The molecule has 0 spiro atoms. The molecule has 0 aromatic rings. The van der Waals surface area contributed by atoms with Gasteiger partial charge < -0.3 is 9.84 Å². The SMILES string of the molecule is CC(C)C(O)NCCN1CCOCC1. The first-order valence-electron chi connectivity index (χ1n) is 5.41. The van der Waals surface area contributed by atoms with Gasteiger partial charge in [0.1, 0.15) is 6.23 Å². The van der Waals surface area contributed by atoms with E-state index in [1.54, 1.807) is 0 Å². The Morgan fingerprint density at radius 1 is 1.36 bits per heavy atom. The second-order valence-electron chi connectivity index (χ2n) is 4.10. The summed E-state index contributed by atoms with van der Waals surface area (Å²) < 4.78 is 5.25. The molecule has 1 rings (SSSR count). The summed E-state index contributed by atoms with van der Waals surface area (Å²) in [6, 6.07) is 0. The fourth-order valence-electron chi connectivity index (χ4n) is 1.43. The molecule has 0 amide bonds. The van der Waals surface area contributed by atoms with E-state index in [4.69, 9.17) is 4.74 Å². The van der Waals surface area contributed by atoms with Gasteiger partial charge in [-0.25, -0.2) is 0 Å². The first-order chi connectivity index (χ1) is 6.70. The predicted molar refractivity (Wildman–Crippen MR) is 56.1 cm³/mol. The highest BCUT2D eigenvalue weighted by molar-refractivity contribution is 4.65. The van der Waals surface area contributed by atoms with E-state index in [2.05, 4.69) is 10.2 Å². The van der Waals surface area contributed by atoms with Gasteiger partial charge in [0.15, 0.2) is 0 Å². The van der Waals surface area contributed by atoms with E-state index in [1.165, 1.54) is 0 Å². The van der Waals surface area contributed by atoms with Crippen LogP contribution < -0.4 is 5.32 Å². The molecule has 0 aromatic heterocycles. The summed E-state index contributed by atoms with van der Waals surface area (Å²) in [7, 11) is 0. The number of aliphatic hydroxyl groups is 1. The van der Waals surface area contributed by atoms with Crippen LogP contribution in [0, 0.1) is 5.92 Å². The number of hydrogen-bond donors (Lipinski definition) is 2. The Labute approximate surface area is 86.2 Å². The van der Waals surface area contributed by atoms with Gasteiger partial charge in [0.25, 0.3) is 0 Å². The molecule has 0 radical (unpaired) electrons. The summed E-state index contributed by atoms with van der Waals surface area (Å²) >= 11 is 0. The normalized spacial score (nSPS) is 21.4. The third-order valence-electron chi connectivity index (χ3n) is 2.52. The maximum absolute atomic E-state index is 9.50. The Hall–Kier alpha value is -0.160. The van der Waals surface area contributed by atoms with Crippen molar-refractivity contribution in [3.63, 3.8) is 0 Å². The summed E-state index contributed by atoms with van der Waals surface area (Å²) in [6.07, 6.45) is -0.379. The van der Waals surface area contributed by atoms with Gasteiger partial charge in [-0.15, -0.1) is 0 Å². The van der Waals surface area contributed by atoms with Crippen molar-refractivity contribution in [2.45, 2.75) is 20.1 Å². The zero-order valence-corrected chi connectivity index (χ0v) is 9.20. The third kappa shape index (κ3) is 4.37. The average Bonchev–Trinajstić information content (AvgIpc) is 2.19. The fourth-order valence-corrected chi connectivity index (χ4v) is 1.43. The number of nitrogens with zero attached hydrogens (tertiary/aromatic N) is 1. The summed E-state index contributed by atoms with van der Waals surface area (Å²) in [5.74, 6) is 0.277. The smallest absolute Gasteiger partial charge is 0.107 e. The minimum Gasteiger partial charge on any atom is -0.379 e. The largest absolute Gasteiger partial charge is 0.379 e. The molecule has 1 unspecified atom stereocenters.